The van der Waals surface area contributed by atoms with Crippen LogP contribution in [0.4, 0.5) is 0 Å². The second-order valence-corrected chi connectivity index (χ2v) is 25.0. The van der Waals surface area contributed by atoms with Crippen LogP contribution in [0.2, 0.25) is 70.0 Å². The van der Waals surface area contributed by atoms with Gasteiger partial charge in [-0.2, -0.15) is 0 Å². The third kappa shape index (κ3) is 12.7. The van der Waals surface area contributed by atoms with E-state index in [4.69, 9.17) is 12.7 Å². The van der Waals surface area contributed by atoms with Crippen molar-refractivity contribution < 1.29 is 12.7 Å². The summed E-state index contributed by atoms with van der Waals surface area (Å²) in [5.41, 5.74) is 0. The van der Waals surface area contributed by atoms with Gasteiger partial charge in [-0.15, -0.1) is 0 Å². The highest BCUT2D eigenvalue weighted by Crippen LogP contribution is 2.17. The van der Waals surface area contributed by atoms with E-state index in [0.29, 0.717) is 0 Å². The first-order chi connectivity index (χ1) is 8.97. The summed E-state index contributed by atoms with van der Waals surface area (Å²) >= 11 is 0. The molecule has 0 spiro atoms. The average molecular weight is 369 g/mol. The molecule has 0 aromatic heterocycles. The zero-order valence-corrected chi connectivity index (χ0v) is 20.8. The lowest BCUT2D eigenvalue weighted by Crippen LogP contribution is -2.34. The highest BCUT2D eigenvalue weighted by atomic mass is 28.4. The molecule has 0 radical (unpaired) electrons. The van der Waals surface area contributed by atoms with Gasteiger partial charge in [0.25, 0.3) is 0 Å². The van der Waals surface area contributed by atoms with Gasteiger partial charge in [-0.1, -0.05) is 0 Å². The summed E-state index contributed by atoms with van der Waals surface area (Å²) in [6.45, 7) is 16.2. The summed E-state index contributed by atoms with van der Waals surface area (Å²) in [5, 5.41) is 0. The fraction of sp³-hybridized carbons (Fsp3) is 1.00. The Morgan fingerprint density at radius 1 is 0.700 bits per heavy atom. The van der Waals surface area contributed by atoms with Crippen molar-refractivity contribution >= 4 is 44.5 Å². The summed E-state index contributed by atoms with van der Waals surface area (Å²) in [4.78, 5) is 0. The van der Waals surface area contributed by atoms with Crippen molar-refractivity contribution in [3.63, 3.8) is 0 Å². The molecule has 0 saturated heterocycles. The molecule has 0 fully saturated rings. The van der Waals surface area contributed by atoms with Gasteiger partial charge in [-0.05, 0) is 70.0 Å². The van der Waals surface area contributed by atoms with E-state index in [2.05, 4.69) is 45.8 Å². The molecule has 3 nitrogen and oxygen atoms in total. The van der Waals surface area contributed by atoms with Crippen molar-refractivity contribution in [1.29, 1.82) is 0 Å². The molecule has 0 saturated carbocycles. The Labute approximate surface area is 134 Å². The summed E-state index contributed by atoms with van der Waals surface area (Å²) in [6, 6.07) is 5.14. The molecule has 0 aromatic rings. The highest BCUT2D eigenvalue weighted by molar-refractivity contribution is 6.77. The summed E-state index contributed by atoms with van der Waals surface area (Å²) in [5.74, 6) is 0. The zero-order chi connectivity index (χ0) is 15.9. The maximum absolute atomic E-state index is 6.32. The summed E-state index contributed by atoms with van der Waals surface area (Å²) in [7, 11) is -2.83. The van der Waals surface area contributed by atoms with E-state index in [-0.39, 0.29) is 19.5 Å². The van der Waals surface area contributed by atoms with Crippen LogP contribution in [-0.4, -0.2) is 51.6 Å². The first-order valence-electron chi connectivity index (χ1n) is 7.81. The van der Waals surface area contributed by atoms with Gasteiger partial charge in [0.15, 0.2) is 25.0 Å². The smallest absolute Gasteiger partial charge is 0.185 e. The van der Waals surface area contributed by atoms with Crippen LogP contribution in [0.5, 0.6) is 0 Å². The van der Waals surface area contributed by atoms with E-state index >= 15 is 0 Å². The van der Waals surface area contributed by atoms with E-state index in [1.165, 1.54) is 24.2 Å². The molecule has 0 N–H and O–H groups in total. The van der Waals surface area contributed by atoms with Crippen LogP contribution >= 0.6 is 0 Å². The molecule has 122 valence electrons. The summed E-state index contributed by atoms with van der Waals surface area (Å²) < 4.78 is 18.0. The molecule has 0 rings (SSSR count). The molecular formula is C12H36O3Si5. The van der Waals surface area contributed by atoms with Crippen LogP contribution in [0, 0.1) is 0 Å². The minimum Gasteiger partial charge on any atom is -0.461 e. The molecule has 0 aromatic carbocycles. The van der Waals surface area contributed by atoms with Gasteiger partial charge in [0.05, 0.1) is 0 Å². The molecule has 0 aliphatic rings. The van der Waals surface area contributed by atoms with Crippen molar-refractivity contribution in [2.75, 3.05) is 7.11 Å². The van der Waals surface area contributed by atoms with Gasteiger partial charge in [0, 0.05) is 7.11 Å². The van der Waals surface area contributed by atoms with Gasteiger partial charge < -0.3 is 12.7 Å². The Morgan fingerprint density at radius 2 is 1.15 bits per heavy atom. The monoisotopic (exact) mass is 368 g/mol. The molecule has 0 amide bonds. The van der Waals surface area contributed by atoms with Crippen LogP contribution in [0.25, 0.3) is 0 Å². The molecule has 0 aliphatic carbocycles. The predicted molar refractivity (Wildman–Crippen MR) is 104 cm³/mol. The fourth-order valence-corrected chi connectivity index (χ4v) is 16.5. The second kappa shape index (κ2) is 9.18. The Kier molecular flexibility index (Phi) is 9.62. The lowest BCUT2D eigenvalue weighted by molar-refractivity contribution is 0.404. The van der Waals surface area contributed by atoms with Crippen molar-refractivity contribution in [3.05, 3.63) is 0 Å². The van der Waals surface area contributed by atoms with Crippen molar-refractivity contribution in [2.24, 2.45) is 0 Å². The van der Waals surface area contributed by atoms with Crippen molar-refractivity contribution in [3.8, 4) is 0 Å². The van der Waals surface area contributed by atoms with Crippen LogP contribution in [0.3, 0.4) is 0 Å². The van der Waals surface area contributed by atoms with Gasteiger partial charge >= 0.3 is 0 Å². The minimum atomic E-state index is -1.40. The summed E-state index contributed by atoms with van der Waals surface area (Å²) in [6.07, 6.45) is 0. The number of hydrogen-bond acceptors (Lipinski definition) is 3. The van der Waals surface area contributed by atoms with Crippen LogP contribution in [-0.2, 0) is 12.7 Å². The van der Waals surface area contributed by atoms with E-state index in [9.17, 15) is 0 Å². The van der Waals surface area contributed by atoms with Crippen LogP contribution < -0.4 is 0 Å². The maximum Gasteiger partial charge on any atom is 0.185 e. The molecule has 0 bridgehead atoms. The second-order valence-electron chi connectivity index (χ2n) is 7.74. The maximum atomic E-state index is 6.32. The molecule has 0 heterocycles. The average Bonchev–Trinajstić information content (AvgIpc) is 2.30. The van der Waals surface area contributed by atoms with Crippen molar-refractivity contribution in [1.82, 2.24) is 0 Å². The molecule has 0 unspecified atom stereocenters. The minimum absolute atomic E-state index is 0.309. The van der Waals surface area contributed by atoms with E-state index < -0.39 is 25.0 Å². The Morgan fingerprint density at radius 3 is 1.60 bits per heavy atom. The first kappa shape index (κ1) is 21.0. The largest absolute Gasteiger partial charge is 0.461 e. The quantitative estimate of drug-likeness (QED) is 0.414. The van der Waals surface area contributed by atoms with Gasteiger partial charge in [0.2, 0.25) is 0 Å². The Balaban J connectivity index is 3.74. The fourth-order valence-electron chi connectivity index (χ4n) is 1.90. The van der Waals surface area contributed by atoms with Gasteiger partial charge in [-0.25, -0.2) is 0 Å². The van der Waals surface area contributed by atoms with E-state index in [1.54, 1.807) is 0 Å². The third-order valence-electron chi connectivity index (χ3n) is 3.43. The topological polar surface area (TPSA) is 27.7 Å². The third-order valence-corrected chi connectivity index (χ3v) is 18.6. The van der Waals surface area contributed by atoms with Crippen LogP contribution in [0.15, 0.2) is 0 Å². The molecular weight excluding hydrogens is 333 g/mol. The molecule has 0 aliphatic heterocycles. The first-order valence-corrected chi connectivity index (χ1v) is 20.6. The molecule has 0 atom stereocenters. The Hall–Kier alpha value is 0.964. The lowest BCUT2D eigenvalue weighted by atomic mass is 10.9. The highest BCUT2D eigenvalue weighted by Gasteiger charge is 2.24. The lowest BCUT2D eigenvalue weighted by Gasteiger charge is -2.25. The SMILES string of the molecule is CO[Si](C)(C)CC[SiH2]O[Si](C)(C)CC[SiH2]O[Si](C)(C)C. The number of rotatable bonds is 11. The van der Waals surface area contributed by atoms with Gasteiger partial charge in [-0.3, -0.25) is 0 Å². The standard InChI is InChI=1S/C12H36O3Si5/c1-13-19(5,6)11-9-17-15-20(7,8)12-10-16-14-18(2,3)4/h9-12,16-17H2,1-8H3. The zero-order valence-electron chi connectivity index (χ0n) is 15.0. The van der Waals surface area contributed by atoms with Crippen molar-refractivity contribution in [2.45, 2.75) is 70.0 Å². The van der Waals surface area contributed by atoms with E-state index in [0.717, 1.165) is 0 Å². The Bertz CT molecular complexity index is 266. The molecule has 8 heteroatoms. The number of hydrogen-bond donors (Lipinski definition) is 0. The normalized spacial score (nSPS) is 15.0. The predicted octanol–water partition coefficient (Wildman–Crippen LogP) is 2.92. The molecule has 20 heavy (non-hydrogen) atoms. The van der Waals surface area contributed by atoms with Gasteiger partial charge in [0.1, 0.15) is 19.5 Å². The van der Waals surface area contributed by atoms with E-state index in [1.807, 2.05) is 7.11 Å². The van der Waals surface area contributed by atoms with Crippen LogP contribution in [0.1, 0.15) is 0 Å².